The van der Waals surface area contributed by atoms with Crippen molar-refractivity contribution < 1.29 is 13.2 Å². The van der Waals surface area contributed by atoms with E-state index in [9.17, 15) is 13.2 Å². The molecular weight excluding hydrogens is 313 g/mol. The third-order valence-corrected chi connectivity index (χ3v) is 4.64. The standard InChI is InChI=1S/C19H21F3N2/c1-14-5-2-3-8-24(14)13-15-9-17(12-23-11-15)16-6-4-7-18(10-16)19(20,21)22/h4,6-7,9-12,14H,2-3,5,8,13H2,1H3/t14-/m1/s1. The largest absolute Gasteiger partial charge is 0.416 e. The number of rotatable bonds is 3. The summed E-state index contributed by atoms with van der Waals surface area (Å²) in [5.74, 6) is 0. The molecule has 0 aliphatic carbocycles. The molecule has 5 heteroatoms. The van der Waals surface area contributed by atoms with E-state index in [1.165, 1.54) is 31.4 Å². The van der Waals surface area contributed by atoms with Crippen molar-refractivity contribution in [2.24, 2.45) is 0 Å². The van der Waals surface area contributed by atoms with Crippen molar-refractivity contribution in [2.75, 3.05) is 6.54 Å². The zero-order chi connectivity index (χ0) is 17.2. The van der Waals surface area contributed by atoms with Gasteiger partial charge in [-0.05, 0) is 55.6 Å². The molecule has 1 atom stereocenters. The van der Waals surface area contributed by atoms with E-state index in [4.69, 9.17) is 0 Å². The van der Waals surface area contributed by atoms with Crippen LogP contribution in [0, 0.1) is 0 Å². The fourth-order valence-electron chi connectivity index (χ4n) is 3.23. The first-order valence-corrected chi connectivity index (χ1v) is 8.29. The van der Waals surface area contributed by atoms with E-state index in [0.29, 0.717) is 11.6 Å². The van der Waals surface area contributed by atoms with Gasteiger partial charge in [0.1, 0.15) is 0 Å². The first-order chi connectivity index (χ1) is 11.4. The maximum atomic E-state index is 12.9. The van der Waals surface area contributed by atoms with Crippen molar-refractivity contribution in [1.29, 1.82) is 0 Å². The van der Waals surface area contributed by atoms with Gasteiger partial charge in [0.25, 0.3) is 0 Å². The molecule has 1 fully saturated rings. The van der Waals surface area contributed by atoms with Crippen LogP contribution in [0.15, 0.2) is 42.7 Å². The summed E-state index contributed by atoms with van der Waals surface area (Å²) in [5, 5.41) is 0. The van der Waals surface area contributed by atoms with Crippen LogP contribution in [0.3, 0.4) is 0 Å². The van der Waals surface area contributed by atoms with Crippen LogP contribution in [0.25, 0.3) is 11.1 Å². The van der Waals surface area contributed by atoms with Crippen LogP contribution in [-0.4, -0.2) is 22.5 Å². The van der Waals surface area contributed by atoms with Gasteiger partial charge >= 0.3 is 6.18 Å². The summed E-state index contributed by atoms with van der Waals surface area (Å²) in [6.45, 7) is 4.08. The predicted molar refractivity (Wildman–Crippen MR) is 88.4 cm³/mol. The topological polar surface area (TPSA) is 16.1 Å². The Labute approximate surface area is 140 Å². The monoisotopic (exact) mass is 334 g/mol. The molecule has 1 aliphatic rings. The van der Waals surface area contributed by atoms with Crippen molar-refractivity contribution >= 4 is 0 Å². The molecule has 0 N–H and O–H groups in total. The molecule has 1 saturated heterocycles. The third kappa shape index (κ3) is 3.96. The molecule has 128 valence electrons. The molecular formula is C19H21F3N2. The van der Waals surface area contributed by atoms with Crippen LogP contribution >= 0.6 is 0 Å². The second-order valence-electron chi connectivity index (χ2n) is 6.48. The predicted octanol–water partition coefficient (Wildman–Crippen LogP) is 5.14. The summed E-state index contributed by atoms with van der Waals surface area (Å²) >= 11 is 0. The Bertz CT molecular complexity index is 697. The van der Waals surface area contributed by atoms with E-state index in [1.807, 2.05) is 6.07 Å². The quantitative estimate of drug-likeness (QED) is 0.772. The molecule has 2 nitrogen and oxygen atoms in total. The summed E-state index contributed by atoms with van der Waals surface area (Å²) in [6.07, 6.45) is 2.76. The molecule has 0 saturated carbocycles. The minimum absolute atomic E-state index is 0.538. The smallest absolute Gasteiger partial charge is 0.296 e. The first kappa shape index (κ1) is 17.0. The Kier molecular flexibility index (Phi) is 4.90. The van der Waals surface area contributed by atoms with Gasteiger partial charge in [0, 0.05) is 30.5 Å². The molecule has 2 aromatic rings. The number of piperidine rings is 1. The second kappa shape index (κ2) is 6.93. The van der Waals surface area contributed by atoms with Gasteiger partial charge in [-0.1, -0.05) is 18.6 Å². The Morgan fingerprint density at radius 2 is 1.96 bits per heavy atom. The number of hydrogen-bond donors (Lipinski definition) is 0. The maximum absolute atomic E-state index is 12.9. The van der Waals surface area contributed by atoms with Crippen molar-refractivity contribution in [1.82, 2.24) is 9.88 Å². The molecule has 2 heterocycles. The number of likely N-dealkylation sites (tertiary alicyclic amines) is 1. The fourth-order valence-corrected chi connectivity index (χ4v) is 3.23. The Morgan fingerprint density at radius 1 is 1.12 bits per heavy atom. The van der Waals surface area contributed by atoms with Crippen molar-refractivity contribution in [3.8, 4) is 11.1 Å². The number of hydrogen-bond acceptors (Lipinski definition) is 2. The Morgan fingerprint density at radius 3 is 2.71 bits per heavy atom. The van der Waals surface area contributed by atoms with E-state index in [2.05, 4.69) is 16.8 Å². The number of halogens is 3. The first-order valence-electron chi connectivity index (χ1n) is 8.29. The van der Waals surface area contributed by atoms with Crippen LogP contribution in [0.5, 0.6) is 0 Å². The highest BCUT2D eigenvalue weighted by molar-refractivity contribution is 5.64. The van der Waals surface area contributed by atoms with Gasteiger partial charge in [-0.3, -0.25) is 9.88 Å². The van der Waals surface area contributed by atoms with E-state index < -0.39 is 11.7 Å². The van der Waals surface area contributed by atoms with Crippen LogP contribution in [0.4, 0.5) is 13.2 Å². The van der Waals surface area contributed by atoms with Gasteiger partial charge in [-0.25, -0.2) is 0 Å². The summed E-state index contributed by atoms with van der Waals surface area (Å²) < 4.78 is 38.7. The molecule has 1 aromatic heterocycles. The number of aromatic nitrogens is 1. The molecule has 0 unspecified atom stereocenters. The molecule has 3 rings (SSSR count). The lowest BCUT2D eigenvalue weighted by atomic mass is 10.0. The molecule has 0 radical (unpaired) electrons. The molecule has 0 spiro atoms. The van der Waals surface area contributed by atoms with Crippen LogP contribution in [0.2, 0.25) is 0 Å². The summed E-state index contributed by atoms with van der Waals surface area (Å²) in [4.78, 5) is 6.65. The van der Waals surface area contributed by atoms with Gasteiger partial charge < -0.3 is 0 Å². The number of benzene rings is 1. The van der Waals surface area contributed by atoms with Gasteiger partial charge in [0.05, 0.1) is 5.56 Å². The van der Waals surface area contributed by atoms with Crippen molar-refractivity contribution in [3.63, 3.8) is 0 Å². The van der Waals surface area contributed by atoms with Gasteiger partial charge in [0.2, 0.25) is 0 Å². The molecule has 24 heavy (non-hydrogen) atoms. The van der Waals surface area contributed by atoms with E-state index in [-0.39, 0.29) is 0 Å². The van der Waals surface area contributed by atoms with Crippen molar-refractivity contribution in [3.05, 3.63) is 53.9 Å². The Balaban J connectivity index is 1.83. The van der Waals surface area contributed by atoms with Gasteiger partial charge in [-0.15, -0.1) is 0 Å². The van der Waals surface area contributed by atoms with Crippen LogP contribution < -0.4 is 0 Å². The van der Waals surface area contributed by atoms with Crippen LogP contribution in [-0.2, 0) is 12.7 Å². The highest BCUT2D eigenvalue weighted by atomic mass is 19.4. The normalized spacial score (nSPS) is 19.4. The van der Waals surface area contributed by atoms with Gasteiger partial charge in [-0.2, -0.15) is 13.2 Å². The van der Waals surface area contributed by atoms with Gasteiger partial charge in [0.15, 0.2) is 0 Å². The van der Waals surface area contributed by atoms with Crippen molar-refractivity contribution in [2.45, 2.75) is 44.9 Å². The van der Waals surface area contributed by atoms with Crippen LogP contribution in [0.1, 0.15) is 37.3 Å². The molecule has 1 aliphatic heterocycles. The lowest BCUT2D eigenvalue weighted by Crippen LogP contribution is -2.36. The molecule has 0 amide bonds. The zero-order valence-corrected chi connectivity index (χ0v) is 13.7. The average molecular weight is 334 g/mol. The van der Waals surface area contributed by atoms with E-state index in [1.54, 1.807) is 18.5 Å². The number of nitrogens with zero attached hydrogens (tertiary/aromatic N) is 2. The molecule has 1 aromatic carbocycles. The minimum atomic E-state index is -4.33. The highest BCUT2D eigenvalue weighted by Gasteiger charge is 2.30. The third-order valence-electron chi connectivity index (χ3n) is 4.64. The summed E-state index contributed by atoms with van der Waals surface area (Å²) in [6, 6.07) is 7.90. The van der Waals surface area contributed by atoms with E-state index in [0.717, 1.165) is 30.3 Å². The summed E-state index contributed by atoms with van der Waals surface area (Å²) in [5.41, 5.74) is 1.68. The minimum Gasteiger partial charge on any atom is -0.296 e. The number of alkyl halides is 3. The summed E-state index contributed by atoms with van der Waals surface area (Å²) in [7, 11) is 0. The number of pyridine rings is 1. The maximum Gasteiger partial charge on any atom is 0.416 e. The highest BCUT2D eigenvalue weighted by Crippen LogP contribution is 2.32. The SMILES string of the molecule is C[C@@H]1CCCCN1Cc1cncc(-c2cccc(C(F)(F)F)c2)c1. The lowest BCUT2D eigenvalue weighted by molar-refractivity contribution is -0.137. The zero-order valence-electron chi connectivity index (χ0n) is 13.7. The molecule has 0 bridgehead atoms. The average Bonchev–Trinajstić information content (AvgIpc) is 2.57. The lowest BCUT2D eigenvalue weighted by Gasteiger charge is -2.33. The second-order valence-corrected chi connectivity index (χ2v) is 6.48. The fraction of sp³-hybridized carbons (Fsp3) is 0.421. The van der Waals surface area contributed by atoms with E-state index >= 15 is 0 Å². The Hall–Kier alpha value is -1.88.